The molecule has 0 unspecified atom stereocenters. The second-order valence-electron chi connectivity index (χ2n) is 6.88. The number of anilines is 1. The monoisotopic (exact) mass is 397 g/mol. The third-order valence-corrected chi connectivity index (χ3v) is 4.70. The largest absolute Gasteiger partial charge is 0.454 e. The quantitative estimate of drug-likeness (QED) is 0.692. The van der Waals surface area contributed by atoms with Gasteiger partial charge in [-0.1, -0.05) is 31.0 Å². The van der Waals surface area contributed by atoms with Crippen LogP contribution in [0.4, 0.5) is 5.69 Å². The number of rotatable bonds is 7. The third-order valence-electron chi connectivity index (χ3n) is 4.70. The lowest BCUT2D eigenvalue weighted by atomic mass is 10.1. The second kappa shape index (κ2) is 9.68. The van der Waals surface area contributed by atoms with Gasteiger partial charge >= 0.3 is 5.97 Å². The Balaban J connectivity index is 1.54. The fraction of sp³-hybridized carbons (Fsp3) is 0.333. The summed E-state index contributed by atoms with van der Waals surface area (Å²) in [5, 5.41) is 5.59. The van der Waals surface area contributed by atoms with Crippen molar-refractivity contribution in [1.29, 1.82) is 0 Å². The lowest BCUT2D eigenvalue weighted by Gasteiger charge is -2.15. The maximum atomic E-state index is 12.5. The average molecular weight is 397 g/mol. The van der Waals surface area contributed by atoms with Crippen LogP contribution in [-0.4, -0.2) is 35.0 Å². The van der Waals surface area contributed by atoms with E-state index in [4.69, 9.17) is 4.74 Å². The van der Waals surface area contributed by atoms with Gasteiger partial charge in [-0.15, -0.1) is 0 Å². The van der Waals surface area contributed by atoms with E-state index in [2.05, 4.69) is 10.6 Å². The molecule has 8 heteroatoms. The van der Waals surface area contributed by atoms with Crippen LogP contribution in [0.2, 0.25) is 0 Å². The molecule has 29 heavy (non-hydrogen) atoms. The van der Waals surface area contributed by atoms with Gasteiger partial charge in [0.1, 0.15) is 6.54 Å². The Morgan fingerprint density at radius 3 is 2.52 bits per heavy atom. The standard InChI is InChI=1S/C21H23N3O5/c25-18(14-29-20(27)13-24-12-6-5-11-19(24)26)23-17-10-4-3-9-16(17)21(28)22-15-7-1-2-8-15/h3-6,9-12,15H,1-2,7-8,13-14H2,(H,22,28)(H,23,25). The smallest absolute Gasteiger partial charge is 0.326 e. The minimum Gasteiger partial charge on any atom is -0.454 e. The van der Waals surface area contributed by atoms with Crippen molar-refractivity contribution >= 4 is 23.5 Å². The summed E-state index contributed by atoms with van der Waals surface area (Å²) < 4.78 is 6.12. The molecular formula is C21H23N3O5. The molecule has 1 fully saturated rings. The number of aromatic nitrogens is 1. The van der Waals surface area contributed by atoms with E-state index in [1.807, 2.05) is 0 Å². The highest BCUT2D eigenvalue weighted by atomic mass is 16.5. The van der Waals surface area contributed by atoms with Crippen LogP contribution in [0.3, 0.4) is 0 Å². The number of benzene rings is 1. The molecule has 1 heterocycles. The van der Waals surface area contributed by atoms with E-state index in [1.54, 1.807) is 36.4 Å². The third kappa shape index (κ3) is 5.78. The summed E-state index contributed by atoms with van der Waals surface area (Å²) in [4.78, 5) is 48.2. The molecular weight excluding hydrogens is 374 g/mol. The highest BCUT2D eigenvalue weighted by Crippen LogP contribution is 2.20. The molecule has 2 aromatic rings. The summed E-state index contributed by atoms with van der Waals surface area (Å²) >= 11 is 0. The van der Waals surface area contributed by atoms with Gasteiger partial charge in [-0.05, 0) is 31.0 Å². The van der Waals surface area contributed by atoms with Crippen molar-refractivity contribution < 1.29 is 19.1 Å². The molecule has 3 rings (SSSR count). The fourth-order valence-electron chi connectivity index (χ4n) is 3.23. The van der Waals surface area contributed by atoms with Crippen molar-refractivity contribution in [3.05, 3.63) is 64.6 Å². The number of nitrogens with one attached hydrogen (secondary N) is 2. The molecule has 1 aliphatic carbocycles. The van der Waals surface area contributed by atoms with Crippen LogP contribution in [0.5, 0.6) is 0 Å². The maximum absolute atomic E-state index is 12.5. The van der Waals surface area contributed by atoms with E-state index < -0.39 is 18.5 Å². The Hall–Kier alpha value is -3.42. The first kappa shape index (κ1) is 20.3. The molecule has 0 saturated heterocycles. The number of amides is 2. The van der Waals surface area contributed by atoms with Gasteiger partial charge in [0.05, 0.1) is 11.3 Å². The van der Waals surface area contributed by atoms with Gasteiger partial charge in [0.15, 0.2) is 6.61 Å². The summed E-state index contributed by atoms with van der Waals surface area (Å²) in [6.45, 7) is -0.799. The minimum atomic E-state index is -0.708. The average Bonchev–Trinajstić information content (AvgIpc) is 3.21. The van der Waals surface area contributed by atoms with Gasteiger partial charge in [0.25, 0.3) is 17.4 Å². The predicted octanol–water partition coefficient (Wildman–Crippen LogP) is 1.70. The van der Waals surface area contributed by atoms with Crippen molar-refractivity contribution in [2.45, 2.75) is 38.3 Å². The first-order valence-electron chi connectivity index (χ1n) is 9.54. The van der Waals surface area contributed by atoms with Crippen molar-refractivity contribution in [2.24, 2.45) is 0 Å². The zero-order valence-corrected chi connectivity index (χ0v) is 15.9. The normalized spacial score (nSPS) is 13.7. The van der Waals surface area contributed by atoms with Gasteiger partial charge in [0.2, 0.25) is 0 Å². The lowest BCUT2D eigenvalue weighted by molar-refractivity contribution is -0.147. The Kier molecular flexibility index (Phi) is 6.78. The van der Waals surface area contributed by atoms with Crippen LogP contribution in [0, 0.1) is 0 Å². The molecule has 152 valence electrons. The number of hydrogen-bond donors (Lipinski definition) is 2. The number of nitrogens with zero attached hydrogens (tertiary/aromatic N) is 1. The maximum Gasteiger partial charge on any atom is 0.326 e. The number of hydrogen-bond acceptors (Lipinski definition) is 5. The Morgan fingerprint density at radius 2 is 1.76 bits per heavy atom. The van der Waals surface area contributed by atoms with Gasteiger partial charge in [0, 0.05) is 18.3 Å². The molecule has 2 N–H and O–H groups in total. The van der Waals surface area contributed by atoms with Crippen LogP contribution in [0.15, 0.2) is 53.5 Å². The SMILES string of the molecule is O=C(COC(=O)Cn1ccccc1=O)Nc1ccccc1C(=O)NC1CCCC1. The van der Waals surface area contributed by atoms with Crippen LogP contribution in [-0.2, 0) is 20.9 Å². The first-order chi connectivity index (χ1) is 14.0. The number of carbonyl (C=O) groups is 3. The van der Waals surface area contributed by atoms with E-state index in [-0.39, 0.29) is 24.1 Å². The number of para-hydroxylation sites is 1. The summed E-state index contributed by atoms with van der Waals surface area (Å²) in [6, 6.07) is 11.3. The van der Waals surface area contributed by atoms with Crippen molar-refractivity contribution in [1.82, 2.24) is 9.88 Å². The van der Waals surface area contributed by atoms with Crippen LogP contribution in [0.25, 0.3) is 0 Å². The van der Waals surface area contributed by atoms with Crippen LogP contribution < -0.4 is 16.2 Å². The molecule has 1 aromatic carbocycles. The summed E-state index contributed by atoms with van der Waals surface area (Å²) in [7, 11) is 0. The Morgan fingerprint density at radius 1 is 1.03 bits per heavy atom. The van der Waals surface area contributed by atoms with E-state index in [0.29, 0.717) is 11.3 Å². The van der Waals surface area contributed by atoms with Crippen LogP contribution in [0.1, 0.15) is 36.0 Å². The molecule has 2 amide bonds. The molecule has 0 bridgehead atoms. The molecule has 0 aliphatic heterocycles. The van der Waals surface area contributed by atoms with E-state index in [9.17, 15) is 19.2 Å². The fourth-order valence-corrected chi connectivity index (χ4v) is 3.23. The summed E-state index contributed by atoms with van der Waals surface area (Å²) in [5.74, 6) is -1.52. The van der Waals surface area contributed by atoms with Crippen molar-refractivity contribution in [3.8, 4) is 0 Å². The van der Waals surface area contributed by atoms with Gasteiger partial charge in [-0.2, -0.15) is 0 Å². The van der Waals surface area contributed by atoms with Gasteiger partial charge in [-0.25, -0.2) is 0 Å². The molecule has 1 aliphatic rings. The highest BCUT2D eigenvalue weighted by Gasteiger charge is 2.20. The predicted molar refractivity (Wildman–Crippen MR) is 106 cm³/mol. The first-order valence-corrected chi connectivity index (χ1v) is 9.54. The molecule has 0 radical (unpaired) electrons. The molecule has 1 aromatic heterocycles. The number of pyridine rings is 1. The number of ether oxygens (including phenoxy) is 1. The van der Waals surface area contributed by atoms with E-state index >= 15 is 0 Å². The minimum absolute atomic E-state index is 0.161. The summed E-state index contributed by atoms with van der Waals surface area (Å²) in [6.07, 6.45) is 5.58. The molecule has 0 spiro atoms. The van der Waals surface area contributed by atoms with Crippen molar-refractivity contribution in [3.63, 3.8) is 0 Å². The topological polar surface area (TPSA) is 106 Å². The Bertz CT molecular complexity index is 947. The van der Waals surface area contributed by atoms with Gasteiger partial charge < -0.3 is 19.9 Å². The number of carbonyl (C=O) groups excluding carboxylic acids is 3. The molecule has 8 nitrogen and oxygen atoms in total. The van der Waals surface area contributed by atoms with E-state index in [0.717, 1.165) is 25.7 Å². The Labute approximate surface area is 167 Å². The second-order valence-corrected chi connectivity index (χ2v) is 6.88. The lowest BCUT2D eigenvalue weighted by Crippen LogP contribution is -2.33. The van der Waals surface area contributed by atoms with Crippen LogP contribution >= 0.6 is 0 Å². The molecule has 1 saturated carbocycles. The summed E-state index contributed by atoms with van der Waals surface area (Å²) in [5.41, 5.74) is 0.370. The number of esters is 1. The highest BCUT2D eigenvalue weighted by molar-refractivity contribution is 6.04. The molecule has 0 atom stereocenters. The zero-order chi connectivity index (χ0) is 20.6. The van der Waals surface area contributed by atoms with E-state index in [1.165, 1.54) is 16.8 Å². The van der Waals surface area contributed by atoms with Gasteiger partial charge in [-0.3, -0.25) is 19.2 Å². The van der Waals surface area contributed by atoms with Crippen molar-refractivity contribution in [2.75, 3.05) is 11.9 Å². The zero-order valence-electron chi connectivity index (χ0n) is 15.9.